The molecule has 1 saturated heterocycles. The van der Waals surface area contributed by atoms with Gasteiger partial charge >= 0.3 is 0 Å². The molecule has 1 aliphatic rings. The van der Waals surface area contributed by atoms with E-state index in [0.717, 1.165) is 25.8 Å². The lowest BCUT2D eigenvalue weighted by Gasteiger charge is -2.14. The van der Waals surface area contributed by atoms with Crippen LogP contribution in [0.5, 0.6) is 11.5 Å². The summed E-state index contributed by atoms with van der Waals surface area (Å²) in [5, 5.41) is 2.68. The van der Waals surface area contributed by atoms with E-state index < -0.39 is 23.6 Å². The number of methoxy groups -OCH3 is 1. The highest BCUT2D eigenvalue weighted by atomic mass is 127. The summed E-state index contributed by atoms with van der Waals surface area (Å²) >= 11 is 15.5. The monoisotopic (exact) mass is 668 g/mol. The third-order valence-corrected chi connectivity index (χ3v) is 7.41. The van der Waals surface area contributed by atoms with E-state index in [1.165, 1.54) is 13.2 Å². The van der Waals surface area contributed by atoms with Crippen molar-refractivity contribution in [1.29, 1.82) is 0 Å². The number of carbonyl (C=O) groups excluding carboxylic acids is 3. The van der Waals surface area contributed by atoms with Gasteiger partial charge < -0.3 is 14.8 Å². The molecule has 1 fully saturated rings. The van der Waals surface area contributed by atoms with Crippen molar-refractivity contribution in [2.45, 2.75) is 6.61 Å². The molecule has 0 bridgehead atoms. The Kier molecular flexibility index (Phi) is 9.01. The van der Waals surface area contributed by atoms with Crippen molar-refractivity contribution in [1.82, 2.24) is 4.90 Å². The number of nitrogens with zero attached hydrogens (tertiary/aromatic N) is 1. The molecule has 37 heavy (non-hydrogen) atoms. The highest BCUT2D eigenvalue weighted by molar-refractivity contribution is 14.1. The minimum absolute atomic E-state index is 0.154. The molecule has 4 rings (SSSR count). The molecule has 3 aromatic carbocycles. The molecule has 3 amide bonds. The van der Waals surface area contributed by atoms with Gasteiger partial charge in [-0.05, 0) is 88.0 Å². The van der Waals surface area contributed by atoms with E-state index in [1.54, 1.807) is 36.4 Å². The van der Waals surface area contributed by atoms with Crippen LogP contribution >= 0.6 is 57.6 Å². The van der Waals surface area contributed by atoms with Gasteiger partial charge in [0, 0.05) is 3.57 Å². The number of nitrogens with one attached hydrogen (secondary N) is 1. The number of imide groups is 1. The van der Waals surface area contributed by atoms with Crippen LogP contribution in [0.15, 0.2) is 65.6 Å². The fourth-order valence-electron chi connectivity index (χ4n) is 3.38. The van der Waals surface area contributed by atoms with Gasteiger partial charge in [0.15, 0.2) is 11.5 Å². The minimum Gasteiger partial charge on any atom is -0.493 e. The van der Waals surface area contributed by atoms with Gasteiger partial charge in [0.25, 0.3) is 11.1 Å². The largest absolute Gasteiger partial charge is 0.493 e. The van der Waals surface area contributed by atoms with E-state index in [1.807, 2.05) is 24.3 Å². The van der Waals surface area contributed by atoms with Crippen molar-refractivity contribution in [3.63, 3.8) is 0 Å². The van der Waals surface area contributed by atoms with Crippen LogP contribution < -0.4 is 14.8 Å². The van der Waals surface area contributed by atoms with Crippen LogP contribution in [0.25, 0.3) is 6.08 Å². The SMILES string of the molecule is COc1cc(/C=C2/SC(=O)N(CC(=O)Nc3ccccc3Cl)C2=O)cc(Cl)c1OCc1ccc(I)cc1. The number of amides is 3. The van der Waals surface area contributed by atoms with E-state index >= 15 is 0 Å². The maximum Gasteiger partial charge on any atom is 0.294 e. The minimum atomic E-state index is -0.585. The van der Waals surface area contributed by atoms with Gasteiger partial charge in [0.2, 0.25) is 5.91 Å². The fourth-order valence-corrected chi connectivity index (χ4v) is 5.04. The van der Waals surface area contributed by atoms with Crippen molar-refractivity contribution in [3.8, 4) is 11.5 Å². The molecular formula is C26H19Cl2IN2O5S. The second-order valence-electron chi connectivity index (χ2n) is 7.75. The molecule has 0 atom stereocenters. The summed E-state index contributed by atoms with van der Waals surface area (Å²) < 4.78 is 12.5. The summed E-state index contributed by atoms with van der Waals surface area (Å²) in [6.45, 7) is -0.149. The van der Waals surface area contributed by atoms with Gasteiger partial charge in [-0.1, -0.05) is 47.5 Å². The second kappa shape index (κ2) is 12.2. The normalized spacial score (nSPS) is 14.3. The highest BCUT2D eigenvalue weighted by Crippen LogP contribution is 2.39. The Morgan fingerprint density at radius 1 is 1.08 bits per heavy atom. The van der Waals surface area contributed by atoms with Crippen LogP contribution in [0, 0.1) is 3.57 Å². The quantitative estimate of drug-likeness (QED) is 0.209. The zero-order chi connectivity index (χ0) is 26.5. The van der Waals surface area contributed by atoms with E-state index in [9.17, 15) is 14.4 Å². The Balaban J connectivity index is 1.47. The van der Waals surface area contributed by atoms with Crippen LogP contribution in [0.1, 0.15) is 11.1 Å². The summed E-state index contributed by atoms with van der Waals surface area (Å²) in [6.07, 6.45) is 1.52. The van der Waals surface area contributed by atoms with Crippen molar-refractivity contribution < 1.29 is 23.9 Å². The number of thioether (sulfide) groups is 1. The summed E-state index contributed by atoms with van der Waals surface area (Å²) in [4.78, 5) is 38.8. The number of hydrogen-bond acceptors (Lipinski definition) is 6. The summed E-state index contributed by atoms with van der Waals surface area (Å²) in [7, 11) is 1.48. The van der Waals surface area contributed by atoms with Crippen LogP contribution in [-0.2, 0) is 16.2 Å². The number of para-hydroxylation sites is 1. The van der Waals surface area contributed by atoms with Crippen molar-refractivity contribution in [2.24, 2.45) is 0 Å². The molecule has 0 aliphatic carbocycles. The number of rotatable bonds is 8. The molecule has 11 heteroatoms. The van der Waals surface area contributed by atoms with Gasteiger partial charge in [-0.2, -0.15) is 0 Å². The molecule has 3 aromatic rings. The first-order valence-corrected chi connectivity index (χ1v) is 13.4. The lowest BCUT2D eigenvalue weighted by molar-refractivity contribution is -0.127. The van der Waals surface area contributed by atoms with E-state index in [-0.39, 0.29) is 9.93 Å². The number of hydrogen-bond donors (Lipinski definition) is 1. The van der Waals surface area contributed by atoms with E-state index in [2.05, 4.69) is 27.9 Å². The molecule has 0 aromatic heterocycles. The smallest absolute Gasteiger partial charge is 0.294 e. The average Bonchev–Trinajstić information content (AvgIpc) is 3.12. The van der Waals surface area contributed by atoms with E-state index in [0.29, 0.717) is 34.4 Å². The molecule has 7 nitrogen and oxygen atoms in total. The number of ether oxygens (including phenoxy) is 2. The van der Waals surface area contributed by atoms with Gasteiger partial charge in [0.1, 0.15) is 13.2 Å². The van der Waals surface area contributed by atoms with Gasteiger partial charge in [-0.15, -0.1) is 0 Å². The molecule has 1 heterocycles. The Hall–Kier alpha value is -2.73. The Bertz CT molecular complexity index is 1400. The van der Waals surface area contributed by atoms with E-state index in [4.69, 9.17) is 32.7 Å². The lowest BCUT2D eigenvalue weighted by atomic mass is 10.1. The third kappa shape index (κ3) is 6.78. The average molecular weight is 669 g/mol. The van der Waals surface area contributed by atoms with Crippen LogP contribution in [0.2, 0.25) is 10.0 Å². The predicted molar refractivity (Wildman–Crippen MR) is 154 cm³/mol. The maximum atomic E-state index is 12.9. The Morgan fingerprint density at radius 3 is 2.51 bits per heavy atom. The Labute approximate surface area is 241 Å². The van der Waals surface area contributed by atoms with Crippen LogP contribution in [0.3, 0.4) is 0 Å². The number of anilines is 1. The lowest BCUT2D eigenvalue weighted by Crippen LogP contribution is -2.36. The summed E-state index contributed by atoms with van der Waals surface area (Å²) in [5.41, 5.74) is 1.90. The second-order valence-corrected chi connectivity index (χ2v) is 10.8. The Morgan fingerprint density at radius 2 is 1.81 bits per heavy atom. The maximum absolute atomic E-state index is 12.9. The zero-order valence-corrected chi connectivity index (χ0v) is 23.8. The summed E-state index contributed by atoms with van der Waals surface area (Å²) in [6, 6.07) is 17.8. The van der Waals surface area contributed by atoms with Gasteiger partial charge in [-0.25, -0.2) is 0 Å². The molecule has 190 valence electrons. The number of benzene rings is 3. The van der Waals surface area contributed by atoms with Crippen molar-refractivity contribution in [2.75, 3.05) is 19.0 Å². The first-order valence-electron chi connectivity index (χ1n) is 10.8. The third-order valence-electron chi connectivity index (χ3n) is 5.17. The van der Waals surface area contributed by atoms with Gasteiger partial charge in [-0.3, -0.25) is 19.3 Å². The zero-order valence-electron chi connectivity index (χ0n) is 19.3. The summed E-state index contributed by atoms with van der Waals surface area (Å²) in [5.74, 6) is -0.388. The molecule has 1 N–H and O–H groups in total. The predicted octanol–water partition coefficient (Wildman–Crippen LogP) is 6.86. The molecule has 0 spiro atoms. The molecule has 0 radical (unpaired) electrons. The van der Waals surface area contributed by atoms with Crippen molar-refractivity contribution in [3.05, 3.63) is 90.3 Å². The molecule has 0 unspecified atom stereocenters. The number of halogens is 3. The van der Waals surface area contributed by atoms with Crippen LogP contribution in [0.4, 0.5) is 10.5 Å². The molecule has 0 saturated carbocycles. The first-order chi connectivity index (χ1) is 17.7. The highest BCUT2D eigenvalue weighted by Gasteiger charge is 2.36. The standard InChI is InChI=1S/C26H19Cl2IN2O5S/c1-35-21-11-16(10-19(28)24(21)36-14-15-6-8-17(29)9-7-15)12-22-25(33)31(26(34)37-22)13-23(32)30-20-5-3-2-4-18(20)27/h2-12H,13-14H2,1H3,(H,30,32)/b22-12+. The molecular weight excluding hydrogens is 650 g/mol. The van der Waals surface area contributed by atoms with Crippen LogP contribution in [-0.4, -0.2) is 35.6 Å². The van der Waals surface area contributed by atoms with Crippen molar-refractivity contribution >= 4 is 86.4 Å². The number of carbonyl (C=O) groups is 3. The first kappa shape index (κ1) is 27.3. The molecule has 1 aliphatic heterocycles. The fraction of sp³-hybridized carbons (Fsp3) is 0.115. The van der Waals surface area contributed by atoms with Gasteiger partial charge in [0.05, 0.1) is 27.7 Å². The topological polar surface area (TPSA) is 84.9 Å².